The van der Waals surface area contributed by atoms with E-state index in [1.54, 1.807) is 0 Å². The summed E-state index contributed by atoms with van der Waals surface area (Å²) in [6.07, 6.45) is 7.78. The van der Waals surface area contributed by atoms with Crippen LogP contribution in [0.1, 0.15) is 38.5 Å². The monoisotopic (exact) mass is 241 g/mol. The van der Waals surface area contributed by atoms with Crippen LogP contribution in [0.25, 0.3) is 0 Å². The Hall–Kier alpha value is -0.610. The Morgan fingerprint density at radius 2 is 1.94 bits per heavy atom. The van der Waals surface area contributed by atoms with E-state index in [0.29, 0.717) is 25.8 Å². The van der Waals surface area contributed by atoms with E-state index in [0.717, 1.165) is 0 Å². The maximum absolute atomic E-state index is 11.7. The average molecular weight is 241 g/mol. The van der Waals surface area contributed by atoms with Crippen molar-refractivity contribution in [3.63, 3.8) is 0 Å². The van der Waals surface area contributed by atoms with E-state index in [9.17, 15) is 4.79 Å². The summed E-state index contributed by atoms with van der Waals surface area (Å²) in [5.41, 5.74) is -0.416. The van der Waals surface area contributed by atoms with Crippen LogP contribution in [0.5, 0.6) is 0 Å². The third-order valence-electron chi connectivity index (χ3n) is 3.96. The Kier molecular flexibility index (Phi) is 4.40. The van der Waals surface area contributed by atoms with Crippen LogP contribution in [-0.4, -0.2) is 38.9 Å². The van der Waals surface area contributed by atoms with Gasteiger partial charge in [0.15, 0.2) is 0 Å². The SMILES string of the molecule is COC(=O)C1(CNC2CCCCCC2)COC1. The molecule has 1 N–H and O–H groups in total. The van der Waals surface area contributed by atoms with Gasteiger partial charge < -0.3 is 14.8 Å². The maximum Gasteiger partial charge on any atom is 0.317 e. The predicted molar refractivity (Wildman–Crippen MR) is 64.8 cm³/mol. The van der Waals surface area contributed by atoms with Gasteiger partial charge >= 0.3 is 5.97 Å². The van der Waals surface area contributed by atoms with Crippen molar-refractivity contribution in [2.75, 3.05) is 26.9 Å². The normalized spacial score (nSPS) is 24.8. The molecule has 1 saturated heterocycles. The Balaban J connectivity index is 1.81. The smallest absolute Gasteiger partial charge is 0.317 e. The third-order valence-corrected chi connectivity index (χ3v) is 3.96. The highest BCUT2D eigenvalue weighted by Gasteiger charge is 2.47. The first kappa shape index (κ1) is 12.8. The molecule has 4 nitrogen and oxygen atoms in total. The molecule has 0 spiro atoms. The fourth-order valence-corrected chi connectivity index (χ4v) is 2.68. The van der Waals surface area contributed by atoms with E-state index in [4.69, 9.17) is 9.47 Å². The second kappa shape index (κ2) is 5.83. The van der Waals surface area contributed by atoms with Crippen LogP contribution in [-0.2, 0) is 14.3 Å². The molecule has 0 bridgehead atoms. The Morgan fingerprint density at radius 1 is 1.29 bits per heavy atom. The van der Waals surface area contributed by atoms with E-state index in [1.807, 2.05) is 0 Å². The first-order valence-corrected chi connectivity index (χ1v) is 6.66. The largest absolute Gasteiger partial charge is 0.468 e. The molecule has 2 aliphatic rings. The number of carbonyl (C=O) groups excluding carboxylic acids is 1. The first-order valence-electron chi connectivity index (χ1n) is 6.66. The summed E-state index contributed by atoms with van der Waals surface area (Å²) in [5.74, 6) is -0.134. The van der Waals surface area contributed by atoms with Gasteiger partial charge in [0.25, 0.3) is 0 Å². The Bertz CT molecular complexity index is 255. The standard InChI is InChI=1S/C13H23NO3/c1-16-12(15)13(9-17-10-13)8-14-11-6-4-2-3-5-7-11/h11,14H,2-10H2,1H3. The Morgan fingerprint density at radius 3 is 2.41 bits per heavy atom. The quantitative estimate of drug-likeness (QED) is 0.598. The number of hydrogen-bond donors (Lipinski definition) is 1. The number of methoxy groups -OCH3 is 1. The molecule has 1 aliphatic carbocycles. The van der Waals surface area contributed by atoms with Gasteiger partial charge in [-0.15, -0.1) is 0 Å². The molecule has 4 heteroatoms. The number of nitrogens with one attached hydrogen (secondary N) is 1. The minimum absolute atomic E-state index is 0.134. The highest BCUT2D eigenvalue weighted by atomic mass is 16.5. The number of esters is 1. The van der Waals surface area contributed by atoms with Crippen molar-refractivity contribution in [3.05, 3.63) is 0 Å². The first-order chi connectivity index (χ1) is 8.27. The molecule has 17 heavy (non-hydrogen) atoms. The van der Waals surface area contributed by atoms with Crippen molar-refractivity contribution < 1.29 is 14.3 Å². The lowest BCUT2D eigenvalue weighted by molar-refractivity contribution is -0.182. The molecular weight excluding hydrogens is 218 g/mol. The summed E-state index contributed by atoms with van der Waals surface area (Å²) in [5, 5.41) is 3.54. The average Bonchev–Trinajstić information content (AvgIpc) is 2.55. The van der Waals surface area contributed by atoms with E-state index in [1.165, 1.54) is 45.6 Å². The van der Waals surface area contributed by atoms with Crippen molar-refractivity contribution in [3.8, 4) is 0 Å². The molecule has 0 unspecified atom stereocenters. The zero-order chi connectivity index (χ0) is 12.1. The molecule has 0 atom stereocenters. The van der Waals surface area contributed by atoms with Crippen LogP contribution in [0.3, 0.4) is 0 Å². The molecule has 1 heterocycles. The van der Waals surface area contributed by atoms with Crippen LogP contribution >= 0.6 is 0 Å². The lowest BCUT2D eigenvalue weighted by Gasteiger charge is -2.39. The van der Waals surface area contributed by atoms with Gasteiger partial charge in [-0.05, 0) is 12.8 Å². The van der Waals surface area contributed by atoms with Crippen molar-refractivity contribution in [1.29, 1.82) is 0 Å². The van der Waals surface area contributed by atoms with E-state index in [-0.39, 0.29) is 5.97 Å². The maximum atomic E-state index is 11.7. The van der Waals surface area contributed by atoms with Crippen LogP contribution < -0.4 is 5.32 Å². The number of carbonyl (C=O) groups is 1. The second-order valence-corrected chi connectivity index (χ2v) is 5.33. The van der Waals surface area contributed by atoms with Gasteiger partial charge in [0.1, 0.15) is 5.41 Å². The summed E-state index contributed by atoms with van der Waals surface area (Å²) in [6.45, 7) is 1.70. The Labute approximate surface area is 103 Å². The fourth-order valence-electron chi connectivity index (χ4n) is 2.68. The summed E-state index contributed by atoms with van der Waals surface area (Å²) >= 11 is 0. The van der Waals surface area contributed by atoms with Crippen LogP contribution in [0, 0.1) is 5.41 Å². The number of hydrogen-bond acceptors (Lipinski definition) is 4. The molecule has 2 rings (SSSR count). The van der Waals surface area contributed by atoms with Gasteiger partial charge in [-0.1, -0.05) is 25.7 Å². The summed E-state index contributed by atoms with van der Waals surface area (Å²) in [6, 6.07) is 0.569. The zero-order valence-corrected chi connectivity index (χ0v) is 10.7. The van der Waals surface area contributed by atoms with Gasteiger partial charge in [0, 0.05) is 12.6 Å². The highest BCUT2D eigenvalue weighted by molar-refractivity contribution is 5.78. The number of rotatable bonds is 4. The van der Waals surface area contributed by atoms with Crippen LogP contribution in [0.15, 0.2) is 0 Å². The molecule has 1 saturated carbocycles. The summed E-state index contributed by atoms with van der Waals surface area (Å²) in [4.78, 5) is 11.7. The molecule has 98 valence electrons. The highest BCUT2D eigenvalue weighted by Crippen LogP contribution is 2.29. The zero-order valence-electron chi connectivity index (χ0n) is 10.7. The molecular formula is C13H23NO3. The van der Waals surface area contributed by atoms with E-state index >= 15 is 0 Å². The third kappa shape index (κ3) is 2.99. The lowest BCUT2D eigenvalue weighted by Crippen LogP contribution is -2.56. The summed E-state index contributed by atoms with van der Waals surface area (Å²) < 4.78 is 10.0. The van der Waals surface area contributed by atoms with Crippen molar-refractivity contribution in [2.45, 2.75) is 44.6 Å². The number of ether oxygens (including phenoxy) is 2. The van der Waals surface area contributed by atoms with Gasteiger partial charge in [-0.25, -0.2) is 0 Å². The van der Waals surface area contributed by atoms with E-state index in [2.05, 4.69) is 5.32 Å². The molecule has 0 aromatic rings. The van der Waals surface area contributed by atoms with Crippen molar-refractivity contribution >= 4 is 5.97 Å². The van der Waals surface area contributed by atoms with Gasteiger partial charge in [0.05, 0.1) is 20.3 Å². The van der Waals surface area contributed by atoms with E-state index < -0.39 is 5.41 Å². The minimum Gasteiger partial charge on any atom is -0.468 e. The van der Waals surface area contributed by atoms with Crippen molar-refractivity contribution in [2.24, 2.45) is 5.41 Å². The molecule has 0 radical (unpaired) electrons. The van der Waals surface area contributed by atoms with Crippen molar-refractivity contribution in [1.82, 2.24) is 5.32 Å². The molecule has 0 aromatic heterocycles. The van der Waals surface area contributed by atoms with Gasteiger partial charge in [-0.2, -0.15) is 0 Å². The van der Waals surface area contributed by atoms with Crippen LogP contribution in [0.4, 0.5) is 0 Å². The minimum atomic E-state index is -0.416. The van der Waals surface area contributed by atoms with Gasteiger partial charge in [0.2, 0.25) is 0 Å². The topological polar surface area (TPSA) is 47.6 Å². The van der Waals surface area contributed by atoms with Crippen LogP contribution in [0.2, 0.25) is 0 Å². The fraction of sp³-hybridized carbons (Fsp3) is 0.923. The second-order valence-electron chi connectivity index (χ2n) is 5.33. The lowest BCUT2D eigenvalue weighted by atomic mass is 9.85. The molecule has 1 aliphatic heterocycles. The molecule has 0 amide bonds. The predicted octanol–water partition coefficient (Wildman–Crippen LogP) is 1.49. The molecule has 0 aromatic carbocycles. The summed E-state index contributed by atoms with van der Waals surface area (Å²) in [7, 11) is 1.45. The molecule has 2 fully saturated rings. The van der Waals surface area contributed by atoms with Gasteiger partial charge in [-0.3, -0.25) is 4.79 Å².